The first-order chi connectivity index (χ1) is 14.2. The van der Waals surface area contributed by atoms with Gasteiger partial charge in [0.2, 0.25) is 0 Å². The quantitative estimate of drug-likeness (QED) is 0.587. The Hall–Kier alpha value is -3.61. The molecule has 0 spiro atoms. The van der Waals surface area contributed by atoms with Crippen LogP contribution in [0.1, 0.15) is 29.4 Å². The zero-order chi connectivity index (χ0) is 19.8. The average molecular weight is 387 g/mol. The van der Waals surface area contributed by atoms with Gasteiger partial charge in [-0.3, -0.25) is 13.9 Å². The van der Waals surface area contributed by atoms with Crippen LogP contribution in [0.3, 0.4) is 0 Å². The van der Waals surface area contributed by atoms with Gasteiger partial charge in [0.1, 0.15) is 5.69 Å². The van der Waals surface area contributed by atoms with E-state index in [1.807, 2.05) is 68.6 Å². The van der Waals surface area contributed by atoms with Crippen LogP contribution in [-0.4, -0.2) is 43.0 Å². The Labute approximate surface area is 167 Å². The van der Waals surface area contributed by atoms with Crippen molar-refractivity contribution in [2.75, 3.05) is 13.1 Å². The molecule has 4 aromatic rings. The number of para-hydroxylation sites is 3. The van der Waals surface area contributed by atoms with Gasteiger partial charge < -0.3 is 9.88 Å². The standard InChI is InChI=1S/C22H21N5O2/c28-21(20-14-23-15-26(20)16-6-2-1-3-7-16)25-12-10-17(11-13-25)27-19-9-5-4-8-18(19)24-22(27)29/h1-9,14-15,17H,10-13H2,(H,24,29). The number of carbonyl (C=O) groups excluding carboxylic acids is 1. The van der Waals surface area contributed by atoms with Gasteiger partial charge in [0.05, 0.1) is 23.6 Å². The molecule has 146 valence electrons. The molecule has 7 heteroatoms. The minimum absolute atomic E-state index is 0.0314. The monoisotopic (exact) mass is 387 g/mol. The van der Waals surface area contributed by atoms with E-state index >= 15 is 0 Å². The Morgan fingerprint density at radius 1 is 1.00 bits per heavy atom. The van der Waals surface area contributed by atoms with Crippen molar-refractivity contribution in [2.45, 2.75) is 18.9 Å². The van der Waals surface area contributed by atoms with Gasteiger partial charge in [-0.2, -0.15) is 0 Å². The fraction of sp³-hybridized carbons (Fsp3) is 0.227. The van der Waals surface area contributed by atoms with Crippen LogP contribution in [-0.2, 0) is 0 Å². The molecule has 0 bridgehead atoms. The number of aromatic nitrogens is 4. The van der Waals surface area contributed by atoms with Gasteiger partial charge in [0.25, 0.3) is 5.91 Å². The van der Waals surface area contributed by atoms with Crippen molar-refractivity contribution in [2.24, 2.45) is 0 Å². The molecule has 0 atom stereocenters. The summed E-state index contributed by atoms with van der Waals surface area (Å²) in [6, 6.07) is 17.5. The second-order valence-electron chi connectivity index (χ2n) is 7.33. The topological polar surface area (TPSA) is 75.9 Å². The van der Waals surface area contributed by atoms with Crippen LogP contribution in [0.15, 0.2) is 71.9 Å². The molecule has 1 saturated heterocycles. The molecule has 1 fully saturated rings. The molecule has 1 aliphatic heterocycles. The lowest BCUT2D eigenvalue weighted by Crippen LogP contribution is -2.41. The Bertz CT molecular complexity index is 1210. The van der Waals surface area contributed by atoms with E-state index in [2.05, 4.69) is 9.97 Å². The van der Waals surface area contributed by atoms with Crippen LogP contribution in [0.2, 0.25) is 0 Å². The van der Waals surface area contributed by atoms with E-state index < -0.39 is 0 Å². The lowest BCUT2D eigenvalue weighted by atomic mass is 10.0. The third-order valence-corrected chi connectivity index (χ3v) is 5.63. The van der Waals surface area contributed by atoms with Crippen molar-refractivity contribution >= 4 is 16.9 Å². The molecule has 1 aliphatic rings. The molecule has 3 heterocycles. The van der Waals surface area contributed by atoms with E-state index in [-0.39, 0.29) is 17.6 Å². The molecule has 0 aliphatic carbocycles. The van der Waals surface area contributed by atoms with Gasteiger partial charge >= 0.3 is 5.69 Å². The molecule has 0 radical (unpaired) electrons. The van der Waals surface area contributed by atoms with Crippen LogP contribution in [0.4, 0.5) is 0 Å². The molecule has 2 aromatic carbocycles. The molecule has 7 nitrogen and oxygen atoms in total. The Morgan fingerprint density at radius 2 is 1.72 bits per heavy atom. The number of piperidine rings is 1. The second kappa shape index (κ2) is 7.09. The number of aromatic amines is 1. The molecule has 1 amide bonds. The maximum absolute atomic E-state index is 13.1. The molecule has 1 N–H and O–H groups in total. The molecular weight excluding hydrogens is 366 g/mol. The average Bonchev–Trinajstić information content (AvgIpc) is 3.38. The lowest BCUT2D eigenvalue weighted by molar-refractivity contribution is 0.0687. The minimum Gasteiger partial charge on any atom is -0.337 e. The van der Waals surface area contributed by atoms with Crippen LogP contribution in [0.25, 0.3) is 16.7 Å². The summed E-state index contributed by atoms with van der Waals surface area (Å²) in [6.07, 6.45) is 4.77. The van der Waals surface area contributed by atoms with Crippen molar-refractivity contribution in [1.82, 2.24) is 24.0 Å². The zero-order valence-corrected chi connectivity index (χ0v) is 15.9. The number of hydrogen-bond donors (Lipinski definition) is 1. The molecule has 0 saturated carbocycles. The van der Waals surface area contributed by atoms with E-state index in [0.717, 1.165) is 29.6 Å². The van der Waals surface area contributed by atoms with Crippen LogP contribution >= 0.6 is 0 Å². The lowest BCUT2D eigenvalue weighted by Gasteiger charge is -2.32. The van der Waals surface area contributed by atoms with E-state index in [4.69, 9.17) is 0 Å². The number of fused-ring (bicyclic) bond motifs is 1. The van der Waals surface area contributed by atoms with Crippen LogP contribution < -0.4 is 5.69 Å². The first-order valence-corrected chi connectivity index (χ1v) is 9.78. The van der Waals surface area contributed by atoms with Gasteiger partial charge in [-0.1, -0.05) is 30.3 Å². The Morgan fingerprint density at radius 3 is 2.52 bits per heavy atom. The summed E-state index contributed by atoms with van der Waals surface area (Å²) in [5, 5.41) is 0. The fourth-order valence-electron chi connectivity index (χ4n) is 4.17. The van der Waals surface area contributed by atoms with E-state index in [9.17, 15) is 9.59 Å². The Balaban J connectivity index is 1.35. The number of H-pyrrole nitrogens is 1. The number of carbonyl (C=O) groups is 1. The molecule has 0 unspecified atom stereocenters. The number of hydrogen-bond acceptors (Lipinski definition) is 3. The van der Waals surface area contributed by atoms with Gasteiger partial charge in [-0.15, -0.1) is 0 Å². The highest BCUT2D eigenvalue weighted by molar-refractivity contribution is 5.93. The second-order valence-corrected chi connectivity index (χ2v) is 7.33. The van der Waals surface area contributed by atoms with Crippen LogP contribution in [0, 0.1) is 0 Å². The van der Waals surface area contributed by atoms with Gasteiger partial charge in [-0.05, 0) is 37.1 Å². The Kier molecular flexibility index (Phi) is 4.27. The highest BCUT2D eigenvalue weighted by Crippen LogP contribution is 2.26. The maximum atomic E-state index is 13.1. The van der Waals surface area contributed by atoms with Crippen LogP contribution in [0.5, 0.6) is 0 Å². The molecular formula is C22H21N5O2. The predicted molar refractivity (Wildman–Crippen MR) is 110 cm³/mol. The highest BCUT2D eigenvalue weighted by Gasteiger charge is 2.28. The number of rotatable bonds is 3. The third kappa shape index (κ3) is 3.04. The highest BCUT2D eigenvalue weighted by atomic mass is 16.2. The minimum atomic E-state index is -0.0851. The third-order valence-electron chi connectivity index (χ3n) is 5.63. The number of nitrogens with zero attached hydrogens (tertiary/aromatic N) is 4. The maximum Gasteiger partial charge on any atom is 0.326 e. The van der Waals surface area contributed by atoms with Crippen molar-refractivity contribution in [3.63, 3.8) is 0 Å². The smallest absolute Gasteiger partial charge is 0.326 e. The summed E-state index contributed by atoms with van der Waals surface area (Å²) >= 11 is 0. The van der Waals surface area contributed by atoms with Gasteiger partial charge in [0.15, 0.2) is 0 Å². The predicted octanol–water partition coefficient (Wildman–Crippen LogP) is 2.99. The summed E-state index contributed by atoms with van der Waals surface area (Å²) in [5.74, 6) is -0.0314. The SMILES string of the molecule is O=C(c1cncn1-c1ccccc1)N1CCC(n2c(=O)[nH]c3ccccc32)CC1. The number of benzene rings is 2. The van der Waals surface area contributed by atoms with Crippen molar-refractivity contribution in [1.29, 1.82) is 0 Å². The van der Waals surface area contributed by atoms with Crippen molar-refractivity contribution < 1.29 is 4.79 Å². The normalized spacial score (nSPS) is 15.1. The number of nitrogens with one attached hydrogen (secondary N) is 1. The number of likely N-dealkylation sites (tertiary alicyclic amines) is 1. The summed E-state index contributed by atoms with van der Waals surface area (Å²) in [5.41, 5.74) is 3.15. The molecule has 2 aromatic heterocycles. The number of amides is 1. The fourth-order valence-corrected chi connectivity index (χ4v) is 4.17. The van der Waals surface area contributed by atoms with E-state index in [1.54, 1.807) is 12.5 Å². The van der Waals surface area contributed by atoms with Gasteiger partial charge in [0, 0.05) is 24.8 Å². The van der Waals surface area contributed by atoms with Crippen molar-refractivity contribution in [3.05, 3.63) is 83.3 Å². The summed E-state index contributed by atoms with van der Waals surface area (Å²) in [7, 11) is 0. The van der Waals surface area contributed by atoms with E-state index in [0.29, 0.717) is 18.8 Å². The number of imidazole rings is 2. The van der Waals surface area contributed by atoms with E-state index in [1.165, 1.54) is 0 Å². The summed E-state index contributed by atoms with van der Waals surface area (Å²) in [4.78, 5) is 34.5. The summed E-state index contributed by atoms with van der Waals surface area (Å²) < 4.78 is 3.66. The molecule has 5 rings (SSSR count). The molecule has 29 heavy (non-hydrogen) atoms. The summed E-state index contributed by atoms with van der Waals surface area (Å²) in [6.45, 7) is 1.21. The first kappa shape index (κ1) is 17.5. The van der Waals surface area contributed by atoms with Gasteiger partial charge in [-0.25, -0.2) is 9.78 Å². The largest absolute Gasteiger partial charge is 0.337 e. The van der Waals surface area contributed by atoms with Crippen molar-refractivity contribution in [3.8, 4) is 5.69 Å². The zero-order valence-electron chi connectivity index (χ0n) is 15.9. The first-order valence-electron chi connectivity index (χ1n) is 9.78.